The number of halogens is 5. The second kappa shape index (κ2) is 7.27. The summed E-state index contributed by atoms with van der Waals surface area (Å²) in [6, 6.07) is 2.57. The third-order valence-electron chi connectivity index (χ3n) is 3.52. The van der Waals surface area contributed by atoms with Gasteiger partial charge in [0.05, 0.1) is 11.4 Å². The summed E-state index contributed by atoms with van der Waals surface area (Å²) in [5.41, 5.74) is 0.587. The van der Waals surface area contributed by atoms with Gasteiger partial charge in [-0.15, -0.1) is 11.8 Å². The van der Waals surface area contributed by atoms with Crippen LogP contribution in [0.5, 0.6) is 0 Å². The Labute approximate surface area is 146 Å². The molecule has 1 aromatic carbocycles. The molecule has 0 N–H and O–H groups in total. The first-order valence-electron chi connectivity index (χ1n) is 6.92. The number of thioether (sulfide) groups is 1. The van der Waals surface area contributed by atoms with E-state index < -0.39 is 27.0 Å². The smallest absolute Gasteiger partial charge is 0.366 e. The van der Waals surface area contributed by atoms with Gasteiger partial charge in [0.1, 0.15) is 5.82 Å². The van der Waals surface area contributed by atoms with Gasteiger partial charge in [-0.25, -0.2) is 4.39 Å². The van der Waals surface area contributed by atoms with E-state index in [-0.39, 0.29) is 31.9 Å². The lowest BCUT2D eigenvalue weighted by atomic mass is 10.2. The van der Waals surface area contributed by atoms with E-state index >= 15 is 0 Å². The summed E-state index contributed by atoms with van der Waals surface area (Å²) in [4.78, 5) is 1.95. The Bertz CT molecular complexity index is 705. The summed E-state index contributed by atoms with van der Waals surface area (Å²) >= 11 is 0.600. The second-order valence-electron chi connectivity index (χ2n) is 5.30. The van der Waals surface area contributed by atoms with Gasteiger partial charge in [-0.1, -0.05) is 0 Å². The number of benzene rings is 1. The Morgan fingerprint density at radius 2 is 1.79 bits per heavy atom. The molecule has 4 nitrogen and oxygen atoms in total. The fraction of sp³-hybridized carbons (Fsp3) is 0.538. The van der Waals surface area contributed by atoms with Crippen molar-refractivity contribution in [3.8, 4) is 0 Å². The van der Waals surface area contributed by atoms with Crippen molar-refractivity contribution in [1.82, 2.24) is 4.31 Å². The molecule has 1 fully saturated rings. The Hall–Kier alpha value is -0.710. The Morgan fingerprint density at radius 3 is 2.29 bits per heavy atom. The molecule has 0 aliphatic carbocycles. The molecule has 24 heavy (non-hydrogen) atoms. The topological polar surface area (TPSA) is 40.6 Å². The van der Waals surface area contributed by atoms with Crippen LogP contribution in [0.4, 0.5) is 23.2 Å². The number of hydrogen-bond acceptors (Lipinski definition) is 4. The quantitative estimate of drug-likeness (QED) is 0.436. The molecule has 0 saturated carbocycles. The minimum atomic E-state index is -4.31. The molecule has 136 valence electrons. The molecule has 0 spiro atoms. The maximum atomic E-state index is 14.2. The maximum absolute atomic E-state index is 14.2. The zero-order chi connectivity index (χ0) is 18.1. The summed E-state index contributed by atoms with van der Waals surface area (Å²) in [6.45, 7) is 2.13. The number of hydrogen-bond donors (Lipinski definition) is 0. The highest BCUT2D eigenvalue weighted by Gasteiger charge is 2.29. The van der Waals surface area contributed by atoms with E-state index in [4.69, 9.17) is 10.7 Å². The minimum absolute atomic E-state index is 0.0875. The summed E-state index contributed by atoms with van der Waals surface area (Å²) < 4.78 is 74.9. The Balaban J connectivity index is 2.16. The van der Waals surface area contributed by atoms with Crippen LogP contribution in [0.1, 0.15) is 5.56 Å². The van der Waals surface area contributed by atoms with Crippen LogP contribution in [-0.4, -0.2) is 50.8 Å². The average Bonchev–Trinajstić information content (AvgIpc) is 2.44. The van der Waals surface area contributed by atoms with Crippen LogP contribution in [-0.2, 0) is 9.24 Å². The van der Waals surface area contributed by atoms with Crippen molar-refractivity contribution in [2.75, 3.05) is 36.8 Å². The van der Waals surface area contributed by atoms with Crippen molar-refractivity contribution in [3.63, 3.8) is 0 Å². The van der Waals surface area contributed by atoms with Crippen molar-refractivity contribution < 1.29 is 26.0 Å². The summed E-state index contributed by atoms with van der Waals surface area (Å²) in [5.74, 6) is -1.61. The largest absolute Gasteiger partial charge is 0.398 e. The van der Waals surface area contributed by atoms with Crippen molar-refractivity contribution in [3.05, 3.63) is 23.5 Å². The van der Waals surface area contributed by atoms with Gasteiger partial charge in [0, 0.05) is 41.8 Å². The predicted octanol–water partition coefficient (Wildman–Crippen LogP) is 3.39. The second-order valence-corrected chi connectivity index (χ2v) is 8.83. The van der Waals surface area contributed by atoms with Crippen LogP contribution in [0.2, 0.25) is 0 Å². The van der Waals surface area contributed by atoms with Crippen LogP contribution in [0, 0.1) is 12.7 Å². The molecule has 0 radical (unpaired) electrons. The number of rotatable bonds is 4. The number of aryl methyl sites for hydroxylation is 1. The SMILES string of the molecule is Cc1cc(F)c(N2CCN(S(=O)(=O)Cl)CC2)cc1SCC(F)(F)F. The predicted molar refractivity (Wildman–Crippen MR) is 86.5 cm³/mol. The van der Waals surface area contributed by atoms with Gasteiger partial charge >= 0.3 is 6.18 Å². The molecular formula is C13H15ClF4N2O2S2. The van der Waals surface area contributed by atoms with E-state index in [1.807, 2.05) is 0 Å². The van der Waals surface area contributed by atoms with E-state index in [1.165, 1.54) is 12.1 Å². The normalized spacial score (nSPS) is 17.3. The fourth-order valence-electron chi connectivity index (χ4n) is 2.35. The summed E-state index contributed by atoms with van der Waals surface area (Å²) in [5, 5.41) is 0. The van der Waals surface area contributed by atoms with Crippen molar-refractivity contribution in [2.45, 2.75) is 18.0 Å². The van der Waals surface area contributed by atoms with Crippen LogP contribution in [0.15, 0.2) is 17.0 Å². The number of alkyl halides is 3. The van der Waals surface area contributed by atoms with E-state index in [9.17, 15) is 26.0 Å². The Kier molecular flexibility index (Phi) is 5.94. The highest BCUT2D eigenvalue weighted by atomic mass is 35.7. The van der Waals surface area contributed by atoms with Gasteiger partial charge in [-0.05, 0) is 24.6 Å². The molecule has 1 heterocycles. The van der Waals surface area contributed by atoms with E-state index in [0.717, 1.165) is 4.31 Å². The van der Waals surface area contributed by atoms with Gasteiger partial charge in [0.2, 0.25) is 0 Å². The van der Waals surface area contributed by atoms with E-state index in [2.05, 4.69) is 0 Å². The average molecular weight is 407 g/mol. The highest BCUT2D eigenvalue weighted by molar-refractivity contribution is 8.11. The van der Waals surface area contributed by atoms with Gasteiger partial charge in [0.15, 0.2) is 0 Å². The first-order chi connectivity index (χ1) is 11.0. The minimum Gasteiger partial charge on any atom is -0.366 e. The number of piperazine rings is 1. The lowest BCUT2D eigenvalue weighted by molar-refractivity contribution is -0.105. The molecule has 0 bridgehead atoms. The molecule has 0 unspecified atom stereocenters. The fourth-order valence-corrected chi connectivity index (χ4v) is 4.16. The standard InChI is InChI=1S/C13H15ClF4N2O2S2/c1-9-6-10(15)11(7-12(9)23-8-13(16,17)18)19-2-4-20(5-3-19)24(14,21)22/h6-7H,2-5,8H2,1H3. The van der Waals surface area contributed by atoms with Crippen molar-refractivity contribution in [1.29, 1.82) is 0 Å². The molecule has 0 atom stereocenters. The van der Waals surface area contributed by atoms with Crippen LogP contribution in [0.3, 0.4) is 0 Å². The van der Waals surface area contributed by atoms with Gasteiger partial charge in [-0.3, -0.25) is 0 Å². The summed E-state index contributed by atoms with van der Waals surface area (Å²) in [7, 11) is 1.44. The third-order valence-corrected chi connectivity index (χ3v) is 6.31. The number of anilines is 1. The molecular weight excluding hydrogens is 392 g/mol. The zero-order valence-corrected chi connectivity index (χ0v) is 15.0. The van der Waals surface area contributed by atoms with E-state index in [1.54, 1.807) is 11.8 Å². The molecule has 0 aromatic heterocycles. The van der Waals surface area contributed by atoms with Crippen molar-refractivity contribution >= 4 is 37.4 Å². The molecule has 1 aliphatic rings. The monoisotopic (exact) mass is 406 g/mol. The van der Waals surface area contributed by atoms with Crippen LogP contribution < -0.4 is 4.90 Å². The third kappa shape index (κ3) is 5.14. The summed E-state index contributed by atoms with van der Waals surface area (Å²) in [6.07, 6.45) is -4.31. The molecule has 2 rings (SSSR count). The van der Waals surface area contributed by atoms with Gasteiger partial charge < -0.3 is 4.90 Å². The van der Waals surface area contributed by atoms with Gasteiger partial charge in [0.25, 0.3) is 9.24 Å². The van der Waals surface area contributed by atoms with Gasteiger partial charge in [-0.2, -0.15) is 25.9 Å². The molecule has 1 aliphatic heterocycles. The molecule has 0 amide bonds. The lowest BCUT2D eigenvalue weighted by Gasteiger charge is -2.34. The van der Waals surface area contributed by atoms with Crippen molar-refractivity contribution in [2.24, 2.45) is 0 Å². The van der Waals surface area contributed by atoms with Crippen LogP contribution in [0.25, 0.3) is 0 Å². The first-order valence-corrected chi connectivity index (χ1v) is 10.2. The zero-order valence-electron chi connectivity index (χ0n) is 12.6. The maximum Gasteiger partial charge on any atom is 0.398 e. The Morgan fingerprint density at radius 1 is 1.21 bits per heavy atom. The van der Waals surface area contributed by atoms with Crippen LogP contribution >= 0.6 is 22.4 Å². The highest BCUT2D eigenvalue weighted by Crippen LogP contribution is 2.34. The lowest BCUT2D eigenvalue weighted by Crippen LogP contribution is -2.47. The number of nitrogens with zero attached hydrogens (tertiary/aromatic N) is 2. The first kappa shape index (κ1) is 19.6. The molecule has 1 aromatic rings. The van der Waals surface area contributed by atoms with E-state index in [0.29, 0.717) is 22.2 Å². The molecule has 1 saturated heterocycles. The molecule has 11 heteroatoms.